The molecule has 0 aliphatic rings. The number of rotatable bonds is 3. The zero-order chi connectivity index (χ0) is 14.0. The molecule has 1 atom stereocenters. The van der Waals surface area contributed by atoms with Crippen molar-refractivity contribution in [1.29, 1.82) is 0 Å². The van der Waals surface area contributed by atoms with Gasteiger partial charge in [-0.05, 0) is 52.8 Å². The largest absolute Gasteiger partial charge is 0.309 e. The lowest BCUT2D eigenvalue weighted by Gasteiger charge is -2.18. The molecule has 0 amide bonds. The summed E-state index contributed by atoms with van der Waals surface area (Å²) in [4.78, 5) is 0. The molecule has 2 rings (SSSR count). The molecule has 0 saturated carbocycles. The molecular formula is C14H11BrClF2N. The van der Waals surface area contributed by atoms with Gasteiger partial charge >= 0.3 is 0 Å². The highest BCUT2D eigenvalue weighted by molar-refractivity contribution is 9.10. The smallest absolute Gasteiger partial charge is 0.137 e. The minimum absolute atomic E-state index is 0.332. The van der Waals surface area contributed by atoms with Gasteiger partial charge in [0.25, 0.3) is 0 Å². The number of hydrogen-bond acceptors (Lipinski definition) is 1. The first-order valence-corrected chi connectivity index (χ1v) is 6.77. The zero-order valence-corrected chi connectivity index (χ0v) is 12.4. The van der Waals surface area contributed by atoms with Gasteiger partial charge in [0, 0.05) is 10.6 Å². The minimum Gasteiger partial charge on any atom is -0.309 e. The summed E-state index contributed by atoms with van der Waals surface area (Å²) in [6, 6.07) is 8.74. The Hall–Kier alpha value is -0.970. The van der Waals surface area contributed by atoms with E-state index in [0.29, 0.717) is 20.6 Å². The molecule has 1 unspecified atom stereocenters. The van der Waals surface area contributed by atoms with Crippen LogP contribution in [0.2, 0.25) is 5.02 Å². The highest BCUT2D eigenvalue weighted by atomic mass is 79.9. The molecule has 0 spiro atoms. The molecule has 2 aromatic carbocycles. The van der Waals surface area contributed by atoms with Gasteiger partial charge in [-0.2, -0.15) is 0 Å². The average molecular weight is 347 g/mol. The molecule has 2 aromatic rings. The fourth-order valence-electron chi connectivity index (χ4n) is 1.93. The molecule has 0 heterocycles. The van der Waals surface area contributed by atoms with Gasteiger partial charge in [0.15, 0.2) is 0 Å². The Morgan fingerprint density at radius 2 is 1.84 bits per heavy atom. The third-order valence-electron chi connectivity index (χ3n) is 2.84. The number of halogens is 4. The van der Waals surface area contributed by atoms with E-state index in [9.17, 15) is 8.78 Å². The second-order valence-corrected chi connectivity index (χ2v) is 5.35. The normalized spacial score (nSPS) is 12.5. The van der Waals surface area contributed by atoms with E-state index < -0.39 is 11.9 Å². The lowest BCUT2D eigenvalue weighted by molar-refractivity contribution is 0.571. The third-order valence-corrected chi connectivity index (χ3v) is 3.72. The van der Waals surface area contributed by atoms with Gasteiger partial charge in [-0.25, -0.2) is 8.78 Å². The SMILES string of the molecule is CNC(c1ccc(Br)c(F)c1)c1ccc(Cl)cc1F. The van der Waals surface area contributed by atoms with E-state index >= 15 is 0 Å². The van der Waals surface area contributed by atoms with E-state index in [4.69, 9.17) is 11.6 Å². The van der Waals surface area contributed by atoms with E-state index in [1.54, 1.807) is 31.3 Å². The van der Waals surface area contributed by atoms with Gasteiger partial charge < -0.3 is 5.32 Å². The topological polar surface area (TPSA) is 12.0 Å². The lowest BCUT2D eigenvalue weighted by atomic mass is 9.98. The minimum atomic E-state index is -0.431. The van der Waals surface area contributed by atoms with Crippen LogP contribution < -0.4 is 5.32 Å². The number of benzene rings is 2. The summed E-state index contributed by atoms with van der Waals surface area (Å²) in [6.07, 6.45) is 0. The number of hydrogen-bond donors (Lipinski definition) is 1. The van der Waals surface area contributed by atoms with E-state index in [1.807, 2.05) is 0 Å². The fourth-order valence-corrected chi connectivity index (χ4v) is 2.33. The highest BCUT2D eigenvalue weighted by Gasteiger charge is 2.17. The first kappa shape index (κ1) is 14.4. The Balaban J connectivity index is 2.46. The second-order valence-electron chi connectivity index (χ2n) is 4.06. The van der Waals surface area contributed by atoms with Crippen LogP contribution >= 0.6 is 27.5 Å². The van der Waals surface area contributed by atoms with E-state index in [1.165, 1.54) is 12.1 Å². The summed E-state index contributed by atoms with van der Waals surface area (Å²) in [5.74, 6) is -0.803. The van der Waals surface area contributed by atoms with Crippen molar-refractivity contribution >= 4 is 27.5 Å². The standard InChI is InChI=1S/C14H11BrClF2N/c1-19-14(8-2-5-11(15)13(18)6-8)10-4-3-9(16)7-12(10)17/h2-7,14,19H,1H3. The Kier molecular flexibility index (Phi) is 4.55. The molecule has 100 valence electrons. The Morgan fingerprint density at radius 1 is 1.11 bits per heavy atom. The maximum Gasteiger partial charge on any atom is 0.137 e. The molecule has 0 aliphatic heterocycles. The molecule has 0 saturated heterocycles. The van der Waals surface area contributed by atoms with Crippen LogP contribution in [0.1, 0.15) is 17.2 Å². The molecule has 0 bridgehead atoms. The van der Waals surface area contributed by atoms with Crippen molar-refractivity contribution in [3.05, 3.63) is 68.7 Å². The Morgan fingerprint density at radius 3 is 2.42 bits per heavy atom. The molecule has 1 N–H and O–H groups in total. The van der Waals surface area contributed by atoms with Crippen LogP contribution in [0.4, 0.5) is 8.78 Å². The average Bonchev–Trinajstić information content (AvgIpc) is 2.37. The predicted molar refractivity (Wildman–Crippen MR) is 76.4 cm³/mol. The number of nitrogens with one attached hydrogen (secondary N) is 1. The molecule has 0 aromatic heterocycles. The van der Waals surface area contributed by atoms with Crippen molar-refractivity contribution in [3.63, 3.8) is 0 Å². The van der Waals surface area contributed by atoms with Crippen LogP contribution in [0, 0.1) is 11.6 Å². The van der Waals surface area contributed by atoms with Crippen molar-refractivity contribution in [2.45, 2.75) is 6.04 Å². The first-order valence-electron chi connectivity index (χ1n) is 5.60. The maximum absolute atomic E-state index is 13.9. The molecule has 0 radical (unpaired) electrons. The van der Waals surface area contributed by atoms with Gasteiger partial charge in [-0.3, -0.25) is 0 Å². The maximum atomic E-state index is 13.9. The molecule has 19 heavy (non-hydrogen) atoms. The first-order chi connectivity index (χ1) is 9.02. The predicted octanol–water partition coefficient (Wildman–Crippen LogP) is 4.69. The van der Waals surface area contributed by atoms with Gasteiger partial charge in [-0.1, -0.05) is 23.7 Å². The molecule has 0 aliphatic carbocycles. The molecule has 5 heteroatoms. The van der Waals surface area contributed by atoms with Crippen LogP contribution in [0.25, 0.3) is 0 Å². The summed E-state index contributed by atoms with van der Waals surface area (Å²) in [7, 11) is 1.69. The van der Waals surface area contributed by atoms with Crippen molar-refractivity contribution in [2.24, 2.45) is 0 Å². The monoisotopic (exact) mass is 345 g/mol. The molecule has 1 nitrogen and oxygen atoms in total. The van der Waals surface area contributed by atoms with Gasteiger partial charge in [0.2, 0.25) is 0 Å². The fraction of sp³-hybridized carbons (Fsp3) is 0.143. The third kappa shape index (κ3) is 3.14. The molecular weight excluding hydrogens is 336 g/mol. The van der Waals surface area contributed by atoms with Gasteiger partial charge in [-0.15, -0.1) is 0 Å². The summed E-state index contributed by atoms with van der Waals surface area (Å²) in [5.41, 5.74) is 1.07. The summed E-state index contributed by atoms with van der Waals surface area (Å²) < 4.78 is 27.9. The summed E-state index contributed by atoms with van der Waals surface area (Å²) >= 11 is 8.82. The van der Waals surface area contributed by atoms with E-state index in [2.05, 4.69) is 21.2 Å². The van der Waals surface area contributed by atoms with Crippen molar-refractivity contribution in [1.82, 2.24) is 5.32 Å². The highest BCUT2D eigenvalue weighted by Crippen LogP contribution is 2.28. The lowest BCUT2D eigenvalue weighted by Crippen LogP contribution is -2.19. The molecule has 0 fully saturated rings. The van der Waals surface area contributed by atoms with E-state index in [-0.39, 0.29) is 5.82 Å². The Bertz CT molecular complexity index is 604. The van der Waals surface area contributed by atoms with Gasteiger partial charge in [0.05, 0.1) is 10.5 Å². The van der Waals surface area contributed by atoms with E-state index in [0.717, 1.165) is 0 Å². The van der Waals surface area contributed by atoms with Crippen LogP contribution in [0.3, 0.4) is 0 Å². The van der Waals surface area contributed by atoms with Crippen LogP contribution in [-0.4, -0.2) is 7.05 Å². The van der Waals surface area contributed by atoms with Gasteiger partial charge in [0.1, 0.15) is 11.6 Å². The van der Waals surface area contributed by atoms with Crippen molar-refractivity contribution in [2.75, 3.05) is 7.05 Å². The van der Waals surface area contributed by atoms with Crippen LogP contribution in [0.5, 0.6) is 0 Å². The quantitative estimate of drug-likeness (QED) is 0.850. The van der Waals surface area contributed by atoms with Crippen molar-refractivity contribution < 1.29 is 8.78 Å². The Labute approximate surface area is 123 Å². The summed E-state index contributed by atoms with van der Waals surface area (Å²) in [5, 5.41) is 3.31. The van der Waals surface area contributed by atoms with Crippen LogP contribution in [0.15, 0.2) is 40.9 Å². The zero-order valence-electron chi connectivity index (χ0n) is 10.1. The summed E-state index contributed by atoms with van der Waals surface area (Å²) in [6.45, 7) is 0. The van der Waals surface area contributed by atoms with Crippen LogP contribution in [-0.2, 0) is 0 Å². The second kappa shape index (κ2) is 5.99. The van der Waals surface area contributed by atoms with Crippen molar-refractivity contribution in [3.8, 4) is 0 Å².